The fraction of sp³-hybridized carbons (Fsp3) is 0.643. The van der Waals surface area contributed by atoms with Gasteiger partial charge >= 0.3 is 0 Å². The molecule has 9 heteroatoms. The van der Waals surface area contributed by atoms with Gasteiger partial charge in [0.2, 0.25) is 5.91 Å². The molecule has 23 heavy (non-hydrogen) atoms. The maximum atomic E-state index is 12.2. The summed E-state index contributed by atoms with van der Waals surface area (Å²) < 4.78 is 26.9. The highest BCUT2D eigenvalue weighted by Crippen LogP contribution is 2.23. The number of nitrogens with one attached hydrogen (secondary N) is 2. The summed E-state index contributed by atoms with van der Waals surface area (Å²) in [6.45, 7) is 2.10. The van der Waals surface area contributed by atoms with Gasteiger partial charge in [-0.05, 0) is 43.7 Å². The van der Waals surface area contributed by atoms with Crippen molar-refractivity contribution in [3.63, 3.8) is 0 Å². The molecular weight excluding hydrogens is 358 g/mol. The molecule has 132 valence electrons. The Morgan fingerprint density at radius 1 is 1.43 bits per heavy atom. The van der Waals surface area contributed by atoms with Crippen molar-refractivity contribution in [2.24, 2.45) is 11.7 Å². The minimum Gasteiger partial charge on any atom is -0.352 e. The van der Waals surface area contributed by atoms with Crippen LogP contribution in [0.15, 0.2) is 21.7 Å². The largest absolute Gasteiger partial charge is 0.352 e. The van der Waals surface area contributed by atoms with Gasteiger partial charge in [0.15, 0.2) is 0 Å². The molecule has 1 fully saturated rings. The number of sulfonamides is 1. The Balaban J connectivity index is 0.00000264. The van der Waals surface area contributed by atoms with Crippen molar-refractivity contribution in [1.29, 1.82) is 0 Å². The van der Waals surface area contributed by atoms with Gasteiger partial charge in [-0.2, -0.15) is 4.72 Å². The number of carbonyl (C=O) groups is 1. The van der Waals surface area contributed by atoms with E-state index in [9.17, 15) is 13.2 Å². The van der Waals surface area contributed by atoms with Gasteiger partial charge in [0.25, 0.3) is 10.0 Å². The molecule has 4 N–H and O–H groups in total. The van der Waals surface area contributed by atoms with Gasteiger partial charge in [0.1, 0.15) is 4.21 Å². The van der Waals surface area contributed by atoms with Crippen molar-refractivity contribution in [3.05, 3.63) is 17.5 Å². The lowest BCUT2D eigenvalue weighted by atomic mass is 9.84. The van der Waals surface area contributed by atoms with E-state index in [1.165, 1.54) is 6.07 Å². The Kier molecular flexibility index (Phi) is 7.96. The van der Waals surface area contributed by atoms with E-state index in [4.69, 9.17) is 5.73 Å². The minimum absolute atomic E-state index is 0. The average Bonchev–Trinajstić information content (AvgIpc) is 3.02. The number of thiophene rings is 1. The zero-order valence-corrected chi connectivity index (χ0v) is 15.5. The summed E-state index contributed by atoms with van der Waals surface area (Å²) in [5.74, 6) is -0.0238. The van der Waals surface area contributed by atoms with Crippen LogP contribution in [-0.4, -0.2) is 33.0 Å². The molecule has 1 heterocycles. The molecule has 0 bridgehead atoms. The SMILES string of the molecule is CC(NS(=O)(=O)c1cccs1)C(=O)NC1CCCCC1CN.Cl. The third kappa shape index (κ3) is 5.42. The second-order valence-electron chi connectivity index (χ2n) is 5.67. The highest BCUT2D eigenvalue weighted by Gasteiger charge is 2.28. The maximum absolute atomic E-state index is 12.2. The molecule has 0 spiro atoms. The summed E-state index contributed by atoms with van der Waals surface area (Å²) in [4.78, 5) is 12.2. The first-order valence-corrected chi connectivity index (χ1v) is 9.86. The lowest BCUT2D eigenvalue weighted by Gasteiger charge is -2.32. The number of nitrogens with two attached hydrogens (primary N) is 1. The lowest BCUT2D eigenvalue weighted by Crippen LogP contribution is -2.51. The molecule has 0 saturated heterocycles. The molecule has 1 amide bonds. The summed E-state index contributed by atoms with van der Waals surface area (Å²) in [5, 5.41) is 4.63. The summed E-state index contributed by atoms with van der Waals surface area (Å²) in [6, 6.07) is 2.41. The molecule has 0 radical (unpaired) electrons. The van der Waals surface area contributed by atoms with Crippen LogP contribution in [-0.2, 0) is 14.8 Å². The zero-order valence-electron chi connectivity index (χ0n) is 13.0. The van der Waals surface area contributed by atoms with Gasteiger partial charge < -0.3 is 11.1 Å². The number of carbonyl (C=O) groups excluding carboxylic acids is 1. The first kappa shape index (κ1) is 20.4. The van der Waals surface area contributed by atoms with Crippen LogP contribution in [0, 0.1) is 5.92 Å². The van der Waals surface area contributed by atoms with Crippen molar-refractivity contribution >= 4 is 39.7 Å². The highest BCUT2D eigenvalue weighted by molar-refractivity contribution is 7.91. The second-order valence-corrected chi connectivity index (χ2v) is 8.56. The van der Waals surface area contributed by atoms with Crippen LogP contribution in [0.3, 0.4) is 0 Å². The van der Waals surface area contributed by atoms with Crippen molar-refractivity contribution < 1.29 is 13.2 Å². The summed E-state index contributed by atoms with van der Waals surface area (Å²) in [5.41, 5.74) is 5.75. The number of halogens is 1. The molecule has 1 aliphatic rings. The van der Waals surface area contributed by atoms with Crippen molar-refractivity contribution in [3.8, 4) is 0 Å². The molecule has 1 aromatic rings. The Bertz CT molecular complexity index is 592. The molecule has 0 aliphatic heterocycles. The van der Waals surface area contributed by atoms with Crippen LogP contribution < -0.4 is 15.8 Å². The van der Waals surface area contributed by atoms with Crippen LogP contribution in [0.4, 0.5) is 0 Å². The van der Waals surface area contributed by atoms with Gasteiger partial charge in [0, 0.05) is 6.04 Å². The van der Waals surface area contributed by atoms with Gasteiger partial charge in [-0.3, -0.25) is 4.79 Å². The fourth-order valence-electron chi connectivity index (χ4n) is 2.75. The number of hydrogen-bond acceptors (Lipinski definition) is 5. The Labute approximate surface area is 147 Å². The second kappa shape index (κ2) is 8.98. The molecule has 3 atom stereocenters. The lowest BCUT2D eigenvalue weighted by molar-refractivity contribution is -0.123. The fourth-order valence-corrected chi connectivity index (χ4v) is 4.96. The Hall–Kier alpha value is -0.670. The summed E-state index contributed by atoms with van der Waals surface area (Å²) in [7, 11) is -3.64. The number of hydrogen-bond donors (Lipinski definition) is 3. The third-order valence-corrected chi connectivity index (χ3v) is 6.96. The molecule has 0 aromatic carbocycles. The van der Waals surface area contributed by atoms with Gasteiger partial charge in [-0.25, -0.2) is 8.42 Å². The van der Waals surface area contributed by atoms with Crippen LogP contribution >= 0.6 is 23.7 Å². The first-order valence-electron chi connectivity index (χ1n) is 7.50. The van der Waals surface area contributed by atoms with Crippen LogP contribution in [0.25, 0.3) is 0 Å². The highest BCUT2D eigenvalue weighted by atomic mass is 35.5. The Morgan fingerprint density at radius 3 is 2.74 bits per heavy atom. The summed E-state index contributed by atoms with van der Waals surface area (Å²) >= 11 is 1.12. The van der Waals surface area contributed by atoms with Crippen LogP contribution in [0.2, 0.25) is 0 Å². The van der Waals surface area contributed by atoms with Crippen molar-refractivity contribution in [2.45, 2.75) is 48.9 Å². The van der Waals surface area contributed by atoms with E-state index in [1.807, 2.05) is 0 Å². The van der Waals surface area contributed by atoms with Crippen LogP contribution in [0.5, 0.6) is 0 Å². The molecule has 1 aliphatic carbocycles. The van der Waals surface area contributed by atoms with E-state index in [-0.39, 0.29) is 34.5 Å². The molecule has 3 unspecified atom stereocenters. The average molecular weight is 382 g/mol. The van der Waals surface area contributed by atoms with E-state index in [0.717, 1.165) is 37.0 Å². The standard InChI is InChI=1S/C14H23N3O3S2.ClH/c1-10(17-22(19,20)13-7-4-8-21-13)14(18)16-12-6-3-2-5-11(12)9-15;/h4,7-8,10-12,17H,2-3,5-6,9,15H2,1H3,(H,16,18);1H. The maximum Gasteiger partial charge on any atom is 0.250 e. The Morgan fingerprint density at radius 2 is 2.13 bits per heavy atom. The molecular formula is C14H24ClN3O3S2. The minimum atomic E-state index is -3.64. The number of rotatable bonds is 6. The molecule has 2 rings (SSSR count). The predicted octanol–water partition coefficient (Wildman–Crippen LogP) is 1.47. The number of amides is 1. The molecule has 6 nitrogen and oxygen atoms in total. The third-order valence-electron chi connectivity index (χ3n) is 4.02. The monoisotopic (exact) mass is 381 g/mol. The normalized spacial score (nSPS) is 22.9. The van der Waals surface area contributed by atoms with Crippen molar-refractivity contribution in [1.82, 2.24) is 10.0 Å². The van der Waals surface area contributed by atoms with Gasteiger partial charge in [0.05, 0.1) is 6.04 Å². The predicted molar refractivity (Wildman–Crippen MR) is 94.3 cm³/mol. The quantitative estimate of drug-likeness (QED) is 0.694. The van der Waals surface area contributed by atoms with Crippen LogP contribution in [0.1, 0.15) is 32.6 Å². The van der Waals surface area contributed by atoms with Gasteiger partial charge in [-0.15, -0.1) is 23.7 Å². The molecule has 1 saturated carbocycles. The smallest absolute Gasteiger partial charge is 0.250 e. The van der Waals surface area contributed by atoms with E-state index >= 15 is 0 Å². The first-order chi connectivity index (χ1) is 10.4. The van der Waals surface area contributed by atoms with E-state index in [1.54, 1.807) is 18.4 Å². The van der Waals surface area contributed by atoms with E-state index in [2.05, 4.69) is 10.0 Å². The topological polar surface area (TPSA) is 101 Å². The summed E-state index contributed by atoms with van der Waals surface area (Å²) in [6.07, 6.45) is 4.11. The van der Waals surface area contributed by atoms with E-state index < -0.39 is 16.1 Å². The molecule has 1 aromatic heterocycles. The van der Waals surface area contributed by atoms with Gasteiger partial charge in [-0.1, -0.05) is 18.9 Å². The van der Waals surface area contributed by atoms with Crippen molar-refractivity contribution in [2.75, 3.05) is 6.54 Å². The zero-order chi connectivity index (χ0) is 16.2. The van der Waals surface area contributed by atoms with E-state index in [0.29, 0.717) is 6.54 Å².